The topological polar surface area (TPSA) is 29.0 Å². The predicted molar refractivity (Wildman–Crippen MR) is 95.4 cm³/mol. The summed E-state index contributed by atoms with van der Waals surface area (Å²) in [7, 11) is 0. The van der Waals surface area contributed by atoms with Gasteiger partial charge in [-0.25, -0.2) is 4.98 Å². The second-order valence-corrected chi connectivity index (χ2v) is 5.72. The fourth-order valence-corrected chi connectivity index (χ4v) is 3.03. The van der Waals surface area contributed by atoms with Gasteiger partial charge in [0, 0.05) is 35.2 Å². The third-order valence-electron chi connectivity index (χ3n) is 4.22. The Morgan fingerprint density at radius 1 is 0.917 bits per heavy atom. The van der Waals surface area contributed by atoms with Gasteiger partial charge in [0.1, 0.15) is 5.58 Å². The van der Waals surface area contributed by atoms with E-state index in [0.29, 0.717) is 5.71 Å². The lowest BCUT2D eigenvalue weighted by molar-refractivity contribution is -0.349. The monoisotopic (exact) mass is 309 g/mol. The van der Waals surface area contributed by atoms with Gasteiger partial charge in [0.05, 0.1) is 5.57 Å². The van der Waals surface area contributed by atoms with Crippen molar-refractivity contribution in [2.45, 2.75) is 0 Å². The lowest BCUT2D eigenvalue weighted by Gasteiger charge is -1.95. The summed E-state index contributed by atoms with van der Waals surface area (Å²) in [5.41, 5.74) is 4.80. The number of aromatic nitrogens is 1. The minimum atomic E-state index is 0.676. The van der Waals surface area contributed by atoms with Gasteiger partial charge >= 0.3 is 0 Å². The molecule has 0 bridgehead atoms. The van der Waals surface area contributed by atoms with E-state index in [9.17, 15) is 0 Å². The van der Waals surface area contributed by atoms with Crippen molar-refractivity contribution < 1.29 is 8.99 Å². The number of hydrogen-bond acceptors (Lipinski definition) is 2. The molecule has 4 aromatic rings. The number of rotatable bonds is 2. The molecule has 0 saturated carbocycles. The van der Waals surface area contributed by atoms with Crippen LogP contribution in [0.2, 0.25) is 0 Å². The Balaban J connectivity index is 1.69. The summed E-state index contributed by atoms with van der Waals surface area (Å²) < 4.78 is 7.80. The zero-order valence-electron chi connectivity index (χ0n) is 12.8. The fraction of sp³-hybridized carbons (Fsp3) is 0. The van der Waals surface area contributed by atoms with Gasteiger partial charge in [-0.3, -0.25) is 0 Å². The Labute approximate surface area is 138 Å². The van der Waals surface area contributed by atoms with Crippen molar-refractivity contribution in [3.63, 3.8) is 0 Å². The maximum absolute atomic E-state index is 5.79. The van der Waals surface area contributed by atoms with Crippen LogP contribution in [0.4, 0.5) is 5.69 Å². The lowest BCUT2D eigenvalue weighted by atomic mass is 10.0. The van der Waals surface area contributed by atoms with Gasteiger partial charge < -0.3 is 4.42 Å². The molecule has 0 aliphatic carbocycles. The number of para-hydroxylation sites is 1. The Kier molecular flexibility index (Phi) is 2.75. The van der Waals surface area contributed by atoms with Gasteiger partial charge in [-0.05, 0) is 35.9 Å². The molecule has 0 spiro atoms. The average Bonchev–Trinajstić information content (AvgIpc) is 3.27. The Bertz CT molecular complexity index is 1180. The minimum Gasteiger partial charge on any atom is -0.438 e. The van der Waals surface area contributed by atoms with Crippen molar-refractivity contribution >= 4 is 39.2 Å². The zero-order valence-corrected chi connectivity index (χ0v) is 12.8. The third-order valence-corrected chi connectivity index (χ3v) is 4.22. The summed E-state index contributed by atoms with van der Waals surface area (Å²) in [5.74, 6) is 3.42. The highest BCUT2D eigenvalue weighted by Gasteiger charge is 2.15. The first-order chi connectivity index (χ1) is 11.9. The fourth-order valence-electron chi connectivity index (χ4n) is 3.03. The first-order valence-corrected chi connectivity index (χ1v) is 7.82. The molecule has 3 nitrogen and oxygen atoms in total. The highest BCUT2D eigenvalue weighted by atomic mass is 16.3. The van der Waals surface area contributed by atoms with E-state index in [1.807, 2.05) is 47.2 Å². The van der Waals surface area contributed by atoms with Crippen LogP contribution in [0.1, 0.15) is 5.56 Å². The lowest BCUT2D eigenvalue weighted by Crippen LogP contribution is -1.89. The summed E-state index contributed by atoms with van der Waals surface area (Å²) in [4.78, 5) is 4.29. The smallest absolute Gasteiger partial charge is 0.227 e. The van der Waals surface area contributed by atoms with Gasteiger partial charge in [-0.2, -0.15) is 0 Å². The van der Waals surface area contributed by atoms with Crippen LogP contribution >= 0.6 is 0 Å². The maximum Gasteiger partial charge on any atom is 0.227 e. The van der Waals surface area contributed by atoms with Crippen LogP contribution < -0.4 is 0 Å². The highest BCUT2D eigenvalue weighted by molar-refractivity contribution is 6.06. The molecule has 24 heavy (non-hydrogen) atoms. The second-order valence-electron chi connectivity index (χ2n) is 5.72. The largest absolute Gasteiger partial charge is 0.438 e. The Morgan fingerprint density at radius 2 is 1.83 bits per heavy atom. The average molecular weight is 309 g/mol. The molecule has 1 aliphatic heterocycles. The molecule has 2 aromatic heterocycles. The Hall–Kier alpha value is -3.42. The number of benzene rings is 2. The van der Waals surface area contributed by atoms with Crippen molar-refractivity contribution in [1.82, 2.24) is 4.98 Å². The van der Waals surface area contributed by atoms with E-state index in [-0.39, 0.29) is 0 Å². The summed E-state index contributed by atoms with van der Waals surface area (Å²) in [6.45, 7) is 0. The number of fused-ring (bicyclic) bond motifs is 3. The van der Waals surface area contributed by atoms with E-state index in [4.69, 9.17) is 4.42 Å². The van der Waals surface area contributed by atoms with Crippen molar-refractivity contribution in [1.29, 1.82) is 0 Å². The van der Waals surface area contributed by atoms with Gasteiger partial charge in [0.25, 0.3) is 0 Å². The first kappa shape index (κ1) is 13.1. The quantitative estimate of drug-likeness (QED) is 0.492. The summed E-state index contributed by atoms with van der Waals surface area (Å²) in [6, 6.07) is 20.4. The Morgan fingerprint density at radius 3 is 2.75 bits per heavy atom. The highest BCUT2D eigenvalue weighted by Crippen LogP contribution is 2.30. The second kappa shape index (κ2) is 5.05. The third kappa shape index (κ3) is 2.00. The van der Waals surface area contributed by atoms with Crippen molar-refractivity contribution in [3.05, 3.63) is 84.7 Å². The molecule has 0 unspecified atom stereocenters. The molecule has 0 saturated heterocycles. The molecule has 0 amide bonds. The molecule has 0 atom stereocenters. The van der Waals surface area contributed by atoms with E-state index in [2.05, 4.69) is 41.2 Å². The number of hydrogen-bond donors (Lipinski definition) is 0. The molecule has 112 valence electrons. The number of allylic oxidation sites excluding steroid dienone is 2. The van der Waals surface area contributed by atoms with Crippen LogP contribution in [0.15, 0.2) is 83.6 Å². The van der Waals surface area contributed by atoms with Crippen molar-refractivity contribution in [3.8, 4) is 0 Å². The van der Waals surface area contributed by atoms with E-state index in [0.717, 1.165) is 33.2 Å². The van der Waals surface area contributed by atoms with Crippen LogP contribution in [0, 0.1) is 0 Å². The van der Waals surface area contributed by atoms with E-state index >= 15 is 0 Å². The standard InChI is InChI=1S/C21H13N2O/c1-2-5-17(6-3-1)23-12-10-16(14-23)15-8-9-20-19(13-15)18-7-4-11-22-21(18)24-20/h1-13H/q+1. The zero-order chi connectivity index (χ0) is 15.9. The summed E-state index contributed by atoms with van der Waals surface area (Å²) >= 11 is 0. The van der Waals surface area contributed by atoms with Gasteiger partial charge in [-0.15, -0.1) is 4.58 Å². The molecule has 3 heterocycles. The molecule has 0 fully saturated rings. The predicted octanol–water partition coefficient (Wildman–Crippen LogP) is 4.91. The molecule has 3 heteroatoms. The molecular weight excluding hydrogens is 296 g/mol. The van der Waals surface area contributed by atoms with E-state index in [1.54, 1.807) is 6.20 Å². The van der Waals surface area contributed by atoms with Gasteiger partial charge in [-0.1, -0.05) is 18.2 Å². The van der Waals surface area contributed by atoms with Gasteiger partial charge in [0.15, 0.2) is 12.1 Å². The maximum atomic E-state index is 5.79. The number of nitrogens with zero attached hydrogens (tertiary/aromatic N) is 2. The van der Waals surface area contributed by atoms with Crippen molar-refractivity contribution in [2.75, 3.05) is 0 Å². The summed E-state index contributed by atoms with van der Waals surface area (Å²) in [5, 5.41) is 2.12. The van der Waals surface area contributed by atoms with Crippen LogP contribution in [-0.2, 0) is 0 Å². The number of furan rings is 1. The molecule has 5 rings (SSSR count). The summed E-state index contributed by atoms with van der Waals surface area (Å²) in [6.07, 6.45) is 5.86. The van der Waals surface area contributed by atoms with Crippen molar-refractivity contribution in [2.24, 2.45) is 0 Å². The molecule has 0 radical (unpaired) electrons. The normalized spacial score (nSPS) is 13.5. The van der Waals surface area contributed by atoms with Crippen LogP contribution in [0.25, 0.3) is 27.6 Å². The molecule has 0 N–H and O–H groups in total. The molecule has 1 aliphatic rings. The first-order valence-electron chi connectivity index (χ1n) is 7.82. The van der Waals surface area contributed by atoms with Gasteiger partial charge in [0.2, 0.25) is 11.4 Å². The van der Waals surface area contributed by atoms with E-state index < -0.39 is 0 Å². The van der Waals surface area contributed by atoms with Crippen LogP contribution in [-0.4, -0.2) is 15.4 Å². The number of pyridine rings is 1. The molecule has 2 aromatic carbocycles. The minimum absolute atomic E-state index is 0.676. The SMILES string of the molecule is C1=C(c2ccc3oc4ncccc4c3c2)C=C[N+]=1c1ccccc1. The molecular formula is C21H13N2O+. The van der Waals surface area contributed by atoms with Crippen LogP contribution in [0.5, 0.6) is 0 Å². The van der Waals surface area contributed by atoms with E-state index in [1.165, 1.54) is 0 Å². The van der Waals surface area contributed by atoms with Crippen LogP contribution in [0.3, 0.4) is 0 Å².